The van der Waals surface area contributed by atoms with Gasteiger partial charge in [0.1, 0.15) is 24.5 Å². The first-order valence-electron chi connectivity index (χ1n) is 11.1. The van der Waals surface area contributed by atoms with E-state index in [9.17, 15) is 18.8 Å². The Bertz CT molecular complexity index is 1190. The minimum absolute atomic E-state index is 0.00465. The molecule has 6 nitrogen and oxygen atoms in total. The van der Waals surface area contributed by atoms with Gasteiger partial charge in [0, 0.05) is 23.4 Å². The predicted molar refractivity (Wildman–Crippen MR) is 126 cm³/mol. The molecule has 1 N–H and O–H groups in total. The van der Waals surface area contributed by atoms with Gasteiger partial charge in [0.15, 0.2) is 5.78 Å². The summed E-state index contributed by atoms with van der Waals surface area (Å²) in [5.74, 6) is -1.22. The number of fused-ring (bicyclic) bond motifs is 1. The molecule has 3 aromatic rings. The van der Waals surface area contributed by atoms with Crippen LogP contribution in [0.1, 0.15) is 22.3 Å². The van der Waals surface area contributed by atoms with Crippen molar-refractivity contribution in [3.63, 3.8) is 0 Å². The molecule has 0 bridgehead atoms. The van der Waals surface area contributed by atoms with Crippen molar-refractivity contribution < 1.29 is 23.5 Å². The second kappa shape index (κ2) is 9.48. The molecule has 2 aromatic carbocycles. The summed E-state index contributed by atoms with van der Waals surface area (Å²) >= 11 is 1.61. The summed E-state index contributed by atoms with van der Waals surface area (Å²) in [4.78, 5) is 41.5. The van der Waals surface area contributed by atoms with Gasteiger partial charge in [-0.2, -0.15) is 0 Å². The summed E-state index contributed by atoms with van der Waals surface area (Å²) in [5.41, 5.74) is 2.14. The van der Waals surface area contributed by atoms with E-state index in [2.05, 4.69) is 5.32 Å². The molecule has 3 atom stereocenters. The van der Waals surface area contributed by atoms with Crippen molar-refractivity contribution >= 4 is 28.9 Å². The van der Waals surface area contributed by atoms with Crippen molar-refractivity contribution in [2.75, 3.05) is 13.2 Å². The zero-order valence-electron chi connectivity index (χ0n) is 18.3. The van der Waals surface area contributed by atoms with Crippen LogP contribution in [0.25, 0.3) is 10.4 Å². The van der Waals surface area contributed by atoms with Gasteiger partial charge in [0.25, 0.3) is 5.91 Å². The number of Topliss-reactive ketones (excluding diaryl/α,β-unsaturated/α-hetero) is 1. The highest BCUT2D eigenvalue weighted by molar-refractivity contribution is 7.13. The third-order valence-electron chi connectivity index (χ3n) is 6.30. The monoisotopic (exact) mass is 478 g/mol. The maximum atomic E-state index is 13.5. The van der Waals surface area contributed by atoms with Gasteiger partial charge >= 0.3 is 0 Å². The first-order chi connectivity index (χ1) is 16.5. The molecule has 0 saturated carbocycles. The number of amides is 2. The lowest BCUT2D eigenvalue weighted by Crippen LogP contribution is -2.53. The Labute approximate surface area is 200 Å². The number of ketones is 1. The van der Waals surface area contributed by atoms with E-state index in [1.807, 2.05) is 29.6 Å². The minimum atomic E-state index is -0.901. The first kappa shape index (κ1) is 22.4. The van der Waals surface area contributed by atoms with Crippen LogP contribution in [0, 0.1) is 5.82 Å². The number of thiophene rings is 1. The van der Waals surface area contributed by atoms with Crippen LogP contribution in [0.2, 0.25) is 0 Å². The van der Waals surface area contributed by atoms with Crippen LogP contribution in [-0.4, -0.2) is 53.8 Å². The SMILES string of the molecule is O=C(N[C@@H](Cc1ccc(F)cc1)C(=O)N1CC[C@H]2OCC(=O)[C@H]21)c1ccc(-c2cccs2)cc1. The molecule has 34 heavy (non-hydrogen) atoms. The lowest BCUT2D eigenvalue weighted by molar-refractivity contribution is -0.138. The summed E-state index contributed by atoms with van der Waals surface area (Å²) in [7, 11) is 0. The molecule has 2 saturated heterocycles. The van der Waals surface area contributed by atoms with Crippen molar-refractivity contribution in [3.05, 3.63) is 83.0 Å². The van der Waals surface area contributed by atoms with Crippen molar-refractivity contribution in [3.8, 4) is 10.4 Å². The maximum Gasteiger partial charge on any atom is 0.251 e. The fraction of sp³-hybridized carbons (Fsp3) is 0.269. The molecule has 2 aliphatic heterocycles. The van der Waals surface area contributed by atoms with Crippen LogP contribution in [-0.2, 0) is 20.7 Å². The molecular weight excluding hydrogens is 455 g/mol. The number of nitrogens with zero attached hydrogens (tertiary/aromatic N) is 1. The second-order valence-corrected chi connectivity index (χ2v) is 9.44. The number of benzene rings is 2. The maximum absolute atomic E-state index is 13.5. The van der Waals surface area contributed by atoms with Crippen LogP contribution in [0.4, 0.5) is 4.39 Å². The molecule has 5 rings (SSSR count). The second-order valence-electron chi connectivity index (χ2n) is 8.49. The topological polar surface area (TPSA) is 75.7 Å². The van der Waals surface area contributed by atoms with Gasteiger partial charge < -0.3 is 15.0 Å². The molecule has 0 radical (unpaired) electrons. The van der Waals surface area contributed by atoms with E-state index >= 15 is 0 Å². The van der Waals surface area contributed by atoms with Crippen molar-refractivity contribution in [2.24, 2.45) is 0 Å². The van der Waals surface area contributed by atoms with Gasteiger partial charge in [0.2, 0.25) is 5.91 Å². The van der Waals surface area contributed by atoms with Gasteiger partial charge in [-0.1, -0.05) is 30.3 Å². The molecule has 0 aliphatic carbocycles. The Hall–Kier alpha value is -3.36. The third kappa shape index (κ3) is 4.51. The molecule has 0 unspecified atom stereocenters. The Balaban J connectivity index is 1.36. The summed E-state index contributed by atoms with van der Waals surface area (Å²) in [6.07, 6.45) is 0.480. The number of likely N-dealkylation sites (tertiary alicyclic amines) is 1. The normalized spacial score (nSPS) is 20.3. The zero-order valence-corrected chi connectivity index (χ0v) is 19.1. The van der Waals surface area contributed by atoms with Crippen molar-refractivity contribution in [1.29, 1.82) is 0 Å². The quantitative estimate of drug-likeness (QED) is 0.589. The van der Waals surface area contributed by atoms with Crippen molar-refractivity contribution in [1.82, 2.24) is 10.2 Å². The number of rotatable bonds is 6. The molecule has 8 heteroatoms. The van der Waals surface area contributed by atoms with E-state index in [4.69, 9.17) is 4.74 Å². The van der Waals surface area contributed by atoms with Gasteiger partial charge in [0.05, 0.1) is 6.10 Å². The molecule has 1 aromatic heterocycles. The summed E-state index contributed by atoms with van der Waals surface area (Å²) in [6.45, 7) is 0.399. The summed E-state index contributed by atoms with van der Waals surface area (Å²) in [5, 5.41) is 4.84. The van der Waals surface area contributed by atoms with E-state index in [1.54, 1.807) is 35.6 Å². The van der Waals surface area contributed by atoms with Crippen LogP contribution in [0.15, 0.2) is 66.0 Å². The Kier molecular flexibility index (Phi) is 6.26. The molecule has 2 amide bonds. The molecule has 2 fully saturated rings. The highest BCUT2D eigenvalue weighted by Crippen LogP contribution is 2.28. The number of ether oxygens (including phenoxy) is 1. The average Bonchev–Trinajstić information content (AvgIpc) is 3.60. The van der Waals surface area contributed by atoms with Gasteiger partial charge in [-0.3, -0.25) is 14.4 Å². The zero-order chi connectivity index (χ0) is 23.7. The number of carbonyl (C=O) groups excluding carboxylic acids is 3. The largest absolute Gasteiger partial charge is 0.368 e. The Morgan fingerprint density at radius 1 is 1.12 bits per heavy atom. The number of hydrogen-bond acceptors (Lipinski definition) is 5. The van der Waals surface area contributed by atoms with Crippen LogP contribution in [0.5, 0.6) is 0 Å². The lowest BCUT2D eigenvalue weighted by atomic mass is 10.0. The molecular formula is C26H23FN2O4S. The Morgan fingerprint density at radius 3 is 2.59 bits per heavy atom. The fourth-order valence-corrected chi connectivity index (χ4v) is 5.30. The first-order valence-corrected chi connectivity index (χ1v) is 12.0. The highest BCUT2D eigenvalue weighted by atomic mass is 32.1. The van der Waals surface area contributed by atoms with Gasteiger partial charge in [-0.15, -0.1) is 11.3 Å². The van der Waals surface area contributed by atoms with E-state index < -0.39 is 12.1 Å². The molecule has 2 aliphatic rings. The predicted octanol–water partition coefficient (Wildman–Crippen LogP) is 3.46. The minimum Gasteiger partial charge on any atom is -0.368 e. The molecule has 174 valence electrons. The van der Waals surface area contributed by atoms with E-state index in [0.29, 0.717) is 24.1 Å². The number of nitrogens with one attached hydrogen (secondary N) is 1. The lowest BCUT2D eigenvalue weighted by Gasteiger charge is -2.27. The third-order valence-corrected chi connectivity index (χ3v) is 7.22. The van der Waals surface area contributed by atoms with E-state index in [0.717, 1.165) is 10.4 Å². The number of carbonyl (C=O) groups is 3. The van der Waals surface area contributed by atoms with Crippen LogP contribution in [0.3, 0.4) is 0 Å². The van der Waals surface area contributed by atoms with Crippen molar-refractivity contribution in [2.45, 2.75) is 31.0 Å². The van der Waals surface area contributed by atoms with Crippen LogP contribution >= 0.6 is 11.3 Å². The number of hydrogen-bond donors (Lipinski definition) is 1. The highest BCUT2D eigenvalue weighted by Gasteiger charge is 2.48. The summed E-state index contributed by atoms with van der Waals surface area (Å²) < 4.78 is 18.9. The molecule has 3 heterocycles. The van der Waals surface area contributed by atoms with E-state index in [1.165, 1.54) is 17.0 Å². The summed E-state index contributed by atoms with van der Waals surface area (Å²) in [6, 6.07) is 15.5. The van der Waals surface area contributed by atoms with E-state index in [-0.39, 0.29) is 42.5 Å². The fourth-order valence-electron chi connectivity index (χ4n) is 4.57. The number of halogens is 1. The average molecular weight is 479 g/mol. The van der Waals surface area contributed by atoms with Gasteiger partial charge in [-0.05, 0) is 53.3 Å². The van der Waals surface area contributed by atoms with Crippen LogP contribution < -0.4 is 5.32 Å². The standard InChI is InChI=1S/C26H23FN2O4S/c27-19-9-3-16(4-10-19)14-20(26(32)29-12-11-22-24(29)21(30)15-33-22)28-25(31)18-7-5-17(6-8-18)23-2-1-13-34-23/h1-10,13,20,22,24H,11-12,14-15H2,(H,28,31)/t20-,22+,24+/m0/s1. The smallest absolute Gasteiger partial charge is 0.251 e. The molecule has 0 spiro atoms. The Morgan fingerprint density at radius 2 is 1.88 bits per heavy atom. The van der Waals surface area contributed by atoms with Gasteiger partial charge in [-0.25, -0.2) is 4.39 Å².